The van der Waals surface area contributed by atoms with E-state index in [1.807, 2.05) is 18.3 Å². The highest BCUT2D eigenvalue weighted by molar-refractivity contribution is 14.0. The maximum atomic E-state index is 10.8. The minimum absolute atomic E-state index is 0. The van der Waals surface area contributed by atoms with Gasteiger partial charge in [-0.25, -0.2) is 4.99 Å². The number of nitrogens with zero attached hydrogens (tertiary/aromatic N) is 2. The van der Waals surface area contributed by atoms with Crippen molar-refractivity contribution in [1.82, 2.24) is 15.6 Å². The number of nitrogens with one attached hydrogen (secondary N) is 3. The van der Waals surface area contributed by atoms with Gasteiger partial charge in [0.05, 0.1) is 11.5 Å². The van der Waals surface area contributed by atoms with Crippen LogP contribution in [-0.2, 0) is 17.7 Å². The van der Waals surface area contributed by atoms with Crippen LogP contribution < -0.4 is 10.6 Å². The number of H-pyrrole nitrogens is 1. The number of benzene rings is 2. The summed E-state index contributed by atoms with van der Waals surface area (Å²) in [5.74, 6) is 0.712. The Balaban J connectivity index is 0.00000341. The van der Waals surface area contributed by atoms with Gasteiger partial charge in [0.2, 0.25) is 0 Å². The Bertz CT molecular complexity index is 988. The lowest BCUT2D eigenvalue weighted by atomic mass is 10.1. The summed E-state index contributed by atoms with van der Waals surface area (Å²) in [5.41, 5.74) is 3.39. The summed E-state index contributed by atoms with van der Waals surface area (Å²) >= 11 is 0. The molecule has 0 aliphatic heterocycles. The van der Waals surface area contributed by atoms with Gasteiger partial charge in [-0.05, 0) is 30.0 Å². The van der Waals surface area contributed by atoms with Crippen molar-refractivity contribution in [1.29, 1.82) is 0 Å². The normalized spacial score (nSPS) is 11.2. The molecule has 0 saturated carbocycles. The van der Waals surface area contributed by atoms with Crippen LogP contribution in [0.3, 0.4) is 0 Å². The van der Waals surface area contributed by atoms with Gasteiger partial charge in [0.1, 0.15) is 0 Å². The largest absolute Gasteiger partial charge is 0.385 e. The van der Waals surface area contributed by atoms with Crippen LogP contribution in [0.15, 0.2) is 59.7 Å². The van der Waals surface area contributed by atoms with E-state index >= 15 is 0 Å². The second kappa shape index (κ2) is 12.9. The van der Waals surface area contributed by atoms with Gasteiger partial charge in [-0.1, -0.05) is 30.3 Å². The molecular weight excluding hydrogens is 509 g/mol. The summed E-state index contributed by atoms with van der Waals surface area (Å²) in [7, 11) is 1.68. The number of guanidine groups is 1. The average molecular weight is 537 g/mol. The summed E-state index contributed by atoms with van der Waals surface area (Å²) in [5, 5.41) is 18.7. The number of hydrogen-bond donors (Lipinski definition) is 3. The number of methoxy groups -OCH3 is 1. The molecule has 0 unspecified atom stereocenters. The highest BCUT2D eigenvalue weighted by atomic mass is 127. The van der Waals surface area contributed by atoms with E-state index in [0.717, 1.165) is 37.0 Å². The first kappa shape index (κ1) is 24.6. The number of aromatic amines is 1. The molecule has 0 aliphatic rings. The van der Waals surface area contributed by atoms with Crippen molar-refractivity contribution in [2.24, 2.45) is 4.99 Å². The Labute approximate surface area is 198 Å². The maximum Gasteiger partial charge on any atom is 0.269 e. The molecular formula is C22H28IN5O3. The SMILES string of the molecule is COCCCNC(=NCc1ccc([N+](=O)[O-])cc1)NCCc1c[nH]c2ccccc12.I. The lowest BCUT2D eigenvalue weighted by molar-refractivity contribution is -0.384. The van der Waals surface area contributed by atoms with Crippen LogP contribution in [-0.4, -0.2) is 42.7 Å². The first-order chi connectivity index (χ1) is 14.7. The zero-order chi connectivity index (χ0) is 21.2. The van der Waals surface area contributed by atoms with Gasteiger partial charge < -0.3 is 20.4 Å². The zero-order valence-corrected chi connectivity index (χ0v) is 19.8. The topological polar surface area (TPSA) is 105 Å². The van der Waals surface area contributed by atoms with Gasteiger partial charge in [-0.15, -0.1) is 24.0 Å². The van der Waals surface area contributed by atoms with E-state index in [-0.39, 0.29) is 29.7 Å². The van der Waals surface area contributed by atoms with E-state index in [4.69, 9.17) is 4.74 Å². The molecule has 0 radical (unpaired) electrons. The third-order valence-corrected chi connectivity index (χ3v) is 4.75. The maximum absolute atomic E-state index is 10.8. The molecule has 3 N–H and O–H groups in total. The van der Waals surface area contributed by atoms with Crippen LogP contribution in [0.2, 0.25) is 0 Å². The number of hydrogen-bond acceptors (Lipinski definition) is 4. The fraction of sp³-hybridized carbons (Fsp3) is 0.318. The fourth-order valence-electron chi connectivity index (χ4n) is 3.15. The molecule has 0 spiro atoms. The van der Waals surface area contributed by atoms with Crippen molar-refractivity contribution < 1.29 is 9.66 Å². The molecule has 31 heavy (non-hydrogen) atoms. The second-order valence-corrected chi connectivity index (χ2v) is 6.90. The third-order valence-electron chi connectivity index (χ3n) is 4.75. The molecule has 2 aromatic carbocycles. The number of fused-ring (bicyclic) bond motifs is 1. The van der Waals surface area contributed by atoms with Crippen molar-refractivity contribution in [2.45, 2.75) is 19.4 Å². The Morgan fingerprint density at radius 3 is 2.61 bits per heavy atom. The van der Waals surface area contributed by atoms with E-state index < -0.39 is 4.92 Å². The summed E-state index contributed by atoms with van der Waals surface area (Å²) in [6.07, 6.45) is 3.78. The molecule has 0 amide bonds. The number of non-ortho nitro benzene ring substituents is 1. The van der Waals surface area contributed by atoms with Crippen molar-refractivity contribution in [3.63, 3.8) is 0 Å². The summed E-state index contributed by atoms with van der Waals surface area (Å²) in [6.45, 7) is 2.59. The lowest BCUT2D eigenvalue weighted by Gasteiger charge is -2.12. The number of ether oxygens (including phenoxy) is 1. The monoisotopic (exact) mass is 537 g/mol. The van der Waals surface area contributed by atoms with Crippen LogP contribution in [0, 0.1) is 10.1 Å². The molecule has 0 atom stereocenters. The zero-order valence-electron chi connectivity index (χ0n) is 17.5. The standard InChI is InChI=1S/C22H27N5O3.HI/c1-30-14-4-12-23-22(26-15-17-7-9-19(10-8-17)27(28)29)24-13-11-18-16-25-21-6-3-2-5-20(18)21;/h2-3,5-10,16,25H,4,11-15H2,1H3,(H2,23,24,26);1H. The molecule has 1 heterocycles. The third kappa shape index (κ3) is 7.51. The van der Waals surface area contributed by atoms with Crippen molar-refractivity contribution in [3.05, 3.63) is 76.0 Å². The van der Waals surface area contributed by atoms with Crippen molar-refractivity contribution >= 4 is 46.5 Å². The molecule has 3 aromatic rings. The Hall–Kier alpha value is -2.66. The van der Waals surface area contributed by atoms with Crippen molar-refractivity contribution in [2.75, 3.05) is 26.8 Å². The molecule has 1 aromatic heterocycles. The predicted octanol–water partition coefficient (Wildman–Crippen LogP) is 4.01. The summed E-state index contributed by atoms with van der Waals surface area (Å²) in [4.78, 5) is 18.3. The molecule has 8 nitrogen and oxygen atoms in total. The highest BCUT2D eigenvalue weighted by Crippen LogP contribution is 2.17. The van der Waals surface area contributed by atoms with E-state index in [1.165, 1.54) is 23.1 Å². The van der Waals surface area contributed by atoms with Gasteiger partial charge in [-0.3, -0.25) is 10.1 Å². The lowest BCUT2D eigenvalue weighted by Crippen LogP contribution is -2.39. The molecule has 0 bridgehead atoms. The summed E-state index contributed by atoms with van der Waals surface area (Å²) < 4.78 is 5.10. The number of halogens is 1. The minimum atomic E-state index is -0.401. The van der Waals surface area contributed by atoms with Crippen LogP contribution in [0.25, 0.3) is 10.9 Å². The predicted molar refractivity (Wildman–Crippen MR) is 134 cm³/mol. The number of aliphatic imine (C=N–C) groups is 1. The molecule has 0 fully saturated rings. The van der Waals surface area contributed by atoms with E-state index in [0.29, 0.717) is 19.1 Å². The molecule has 0 aliphatic carbocycles. The minimum Gasteiger partial charge on any atom is -0.385 e. The van der Waals surface area contributed by atoms with Crippen LogP contribution in [0.4, 0.5) is 5.69 Å². The van der Waals surface area contributed by atoms with E-state index in [2.05, 4.69) is 32.7 Å². The Kier molecular flexibility index (Phi) is 10.2. The number of nitro groups is 1. The van der Waals surface area contributed by atoms with Gasteiger partial charge in [-0.2, -0.15) is 0 Å². The van der Waals surface area contributed by atoms with E-state index in [9.17, 15) is 10.1 Å². The van der Waals surface area contributed by atoms with Gasteiger partial charge in [0.15, 0.2) is 5.96 Å². The van der Waals surface area contributed by atoms with Gasteiger partial charge >= 0.3 is 0 Å². The Morgan fingerprint density at radius 1 is 1.13 bits per heavy atom. The van der Waals surface area contributed by atoms with Crippen LogP contribution in [0.5, 0.6) is 0 Å². The van der Waals surface area contributed by atoms with Crippen LogP contribution >= 0.6 is 24.0 Å². The van der Waals surface area contributed by atoms with Crippen LogP contribution in [0.1, 0.15) is 17.5 Å². The highest BCUT2D eigenvalue weighted by Gasteiger charge is 2.06. The molecule has 3 rings (SSSR count). The smallest absolute Gasteiger partial charge is 0.269 e. The molecule has 9 heteroatoms. The van der Waals surface area contributed by atoms with Gasteiger partial charge in [0.25, 0.3) is 5.69 Å². The number of para-hydroxylation sites is 1. The Morgan fingerprint density at radius 2 is 1.87 bits per heavy atom. The number of rotatable bonds is 10. The second-order valence-electron chi connectivity index (χ2n) is 6.90. The fourth-order valence-corrected chi connectivity index (χ4v) is 3.15. The quantitative estimate of drug-likeness (QED) is 0.0906. The van der Waals surface area contributed by atoms with Gasteiger partial charge in [0, 0.05) is 56.0 Å². The molecule has 0 saturated heterocycles. The number of nitro benzene ring substituents is 1. The average Bonchev–Trinajstić information content (AvgIpc) is 3.18. The summed E-state index contributed by atoms with van der Waals surface area (Å²) in [6, 6.07) is 14.7. The van der Waals surface area contributed by atoms with E-state index in [1.54, 1.807) is 19.2 Å². The molecule has 166 valence electrons. The first-order valence-electron chi connectivity index (χ1n) is 9.97. The van der Waals surface area contributed by atoms with Crippen molar-refractivity contribution in [3.8, 4) is 0 Å². The first-order valence-corrected chi connectivity index (χ1v) is 9.97. The number of aromatic nitrogens is 1.